The molecule has 0 aliphatic rings. The molecule has 3 rings (SSSR count). The maximum Gasteiger partial charge on any atom is 0.192 e. The molecule has 3 aromatic heterocycles. The molecule has 17 heavy (non-hydrogen) atoms. The third-order valence-electron chi connectivity index (χ3n) is 2.39. The summed E-state index contributed by atoms with van der Waals surface area (Å²) in [5, 5.41) is 4.41. The summed E-state index contributed by atoms with van der Waals surface area (Å²) >= 11 is 5.07. The van der Waals surface area contributed by atoms with Crippen molar-refractivity contribution in [2.45, 2.75) is 6.92 Å². The van der Waals surface area contributed by atoms with E-state index in [9.17, 15) is 0 Å². The Kier molecular flexibility index (Phi) is 2.41. The smallest absolute Gasteiger partial charge is 0.192 e. The predicted molar refractivity (Wildman–Crippen MR) is 73.1 cm³/mol. The minimum Gasteiger partial charge on any atom is -0.384 e. The minimum absolute atomic E-state index is 0.571. The van der Waals surface area contributed by atoms with Gasteiger partial charge in [0.15, 0.2) is 11.5 Å². The van der Waals surface area contributed by atoms with Gasteiger partial charge in [-0.25, -0.2) is 4.98 Å². The summed E-state index contributed by atoms with van der Waals surface area (Å²) in [6.07, 6.45) is 0. The predicted octanol–water partition coefficient (Wildman–Crippen LogP) is 3.11. The zero-order valence-corrected chi connectivity index (χ0v) is 11.4. The van der Waals surface area contributed by atoms with E-state index in [0.29, 0.717) is 11.6 Å². The van der Waals surface area contributed by atoms with E-state index in [0.717, 1.165) is 15.0 Å². The van der Waals surface area contributed by atoms with E-state index >= 15 is 0 Å². The van der Waals surface area contributed by atoms with Crippen molar-refractivity contribution in [1.82, 2.24) is 14.6 Å². The molecule has 2 N–H and O–H groups in total. The van der Waals surface area contributed by atoms with Crippen LogP contribution in [-0.4, -0.2) is 14.6 Å². The summed E-state index contributed by atoms with van der Waals surface area (Å²) < 4.78 is 2.55. The molecule has 86 valence electrons. The van der Waals surface area contributed by atoms with Crippen LogP contribution in [0, 0.1) is 6.92 Å². The monoisotopic (exact) mass is 308 g/mol. The number of nitrogens with two attached hydrogens (primary N) is 1. The van der Waals surface area contributed by atoms with Crippen LogP contribution in [0.15, 0.2) is 28.7 Å². The Morgan fingerprint density at radius 1 is 1.35 bits per heavy atom. The van der Waals surface area contributed by atoms with Crippen molar-refractivity contribution < 1.29 is 0 Å². The number of pyridine rings is 1. The van der Waals surface area contributed by atoms with Gasteiger partial charge in [-0.15, -0.1) is 16.4 Å². The van der Waals surface area contributed by atoms with Gasteiger partial charge in [0, 0.05) is 9.35 Å². The Morgan fingerprint density at radius 2 is 2.18 bits per heavy atom. The van der Waals surface area contributed by atoms with Gasteiger partial charge in [-0.2, -0.15) is 4.52 Å². The number of fused-ring (bicyclic) bond motifs is 1. The van der Waals surface area contributed by atoms with Crippen LogP contribution in [0.4, 0.5) is 5.82 Å². The lowest BCUT2D eigenvalue weighted by molar-refractivity contribution is 0.978. The molecule has 0 aromatic carbocycles. The van der Waals surface area contributed by atoms with Crippen molar-refractivity contribution in [1.29, 1.82) is 0 Å². The molecule has 0 aliphatic heterocycles. The number of aromatic nitrogens is 3. The average molecular weight is 309 g/mol. The molecule has 0 radical (unpaired) electrons. The largest absolute Gasteiger partial charge is 0.384 e. The highest BCUT2D eigenvalue weighted by Crippen LogP contribution is 2.26. The number of hydrogen-bond donors (Lipinski definition) is 1. The molecule has 0 fully saturated rings. The van der Waals surface area contributed by atoms with E-state index in [-0.39, 0.29) is 0 Å². The van der Waals surface area contributed by atoms with E-state index in [1.165, 1.54) is 4.88 Å². The first-order chi connectivity index (χ1) is 8.13. The van der Waals surface area contributed by atoms with Crippen molar-refractivity contribution in [3.63, 3.8) is 0 Å². The lowest BCUT2D eigenvalue weighted by atomic mass is 10.4. The fourth-order valence-electron chi connectivity index (χ4n) is 1.63. The van der Waals surface area contributed by atoms with Crippen molar-refractivity contribution in [2.75, 3.05) is 5.73 Å². The standard InChI is InChI=1S/C11H9BrN4S/c1-6-2-3-8(17-6)11-14-10-5-7(12)4-9(13)16(10)15-11/h2-5H,13H2,1H3. The fraction of sp³-hybridized carbons (Fsp3) is 0.0909. The van der Waals surface area contributed by atoms with Gasteiger partial charge < -0.3 is 5.73 Å². The minimum atomic E-state index is 0.571. The molecule has 0 saturated carbocycles. The topological polar surface area (TPSA) is 56.2 Å². The summed E-state index contributed by atoms with van der Waals surface area (Å²) in [4.78, 5) is 6.77. The van der Waals surface area contributed by atoms with E-state index in [2.05, 4.69) is 39.0 Å². The van der Waals surface area contributed by atoms with Gasteiger partial charge in [-0.1, -0.05) is 15.9 Å². The number of nitrogen functional groups attached to an aromatic ring is 1. The summed E-state index contributed by atoms with van der Waals surface area (Å²) in [6, 6.07) is 7.80. The van der Waals surface area contributed by atoms with Crippen molar-refractivity contribution in [2.24, 2.45) is 0 Å². The number of hydrogen-bond acceptors (Lipinski definition) is 4. The van der Waals surface area contributed by atoms with Gasteiger partial charge in [-0.3, -0.25) is 0 Å². The first kappa shape index (κ1) is 10.7. The Hall–Kier alpha value is -1.40. The molecule has 0 aliphatic carbocycles. The Bertz CT molecular complexity index is 701. The first-order valence-corrected chi connectivity index (χ1v) is 6.63. The molecule has 0 amide bonds. The van der Waals surface area contributed by atoms with Crippen molar-refractivity contribution in [3.05, 3.63) is 33.6 Å². The van der Waals surface area contributed by atoms with E-state index in [1.54, 1.807) is 15.9 Å². The lowest BCUT2D eigenvalue weighted by Crippen LogP contribution is -1.97. The van der Waals surface area contributed by atoms with Crippen LogP contribution < -0.4 is 5.73 Å². The number of halogens is 1. The maximum atomic E-state index is 5.89. The molecular formula is C11H9BrN4S. The Balaban J connectivity index is 2.23. The molecule has 6 heteroatoms. The summed E-state index contributed by atoms with van der Waals surface area (Å²) in [5.74, 6) is 1.29. The van der Waals surface area contributed by atoms with E-state index in [4.69, 9.17) is 5.73 Å². The highest BCUT2D eigenvalue weighted by Gasteiger charge is 2.10. The Morgan fingerprint density at radius 3 is 2.88 bits per heavy atom. The van der Waals surface area contributed by atoms with Crippen LogP contribution in [0.25, 0.3) is 16.3 Å². The van der Waals surface area contributed by atoms with Gasteiger partial charge in [-0.05, 0) is 31.2 Å². The van der Waals surface area contributed by atoms with Crippen molar-refractivity contribution in [3.8, 4) is 10.7 Å². The molecule has 3 aromatic rings. The normalized spacial score (nSPS) is 11.2. The first-order valence-electron chi connectivity index (χ1n) is 5.02. The van der Waals surface area contributed by atoms with Crippen molar-refractivity contribution >= 4 is 38.7 Å². The van der Waals surface area contributed by atoms with Gasteiger partial charge in [0.2, 0.25) is 0 Å². The number of nitrogens with zero attached hydrogens (tertiary/aromatic N) is 3. The molecule has 4 nitrogen and oxygen atoms in total. The van der Waals surface area contributed by atoms with Crippen LogP contribution >= 0.6 is 27.3 Å². The SMILES string of the molecule is Cc1ccc(-c2nc3cc(Br)cc(N)n3n2)s1. The number of anilines is 1. The molecular weight excluding hydrogens is 300 g/mol. The van der Waals surface area contributed by atoms with Gasteiger partial charge in [0.1, 0.15) is 5.82 Å². The van der Waals surface area contributed by atoms with Gasteiger partial charge in [0.25, 0.3) is 0 Å². The molecule has 0 unspecified atom stereocenters. The highest BCUT2D eigenvalue weighted by molar-refractivity contribution is 9.10. The third kappa shape index (κ3) is 1.83. The second-order valence-corrected chi connectivity index (χ2v) is 5.92. The van der Waals surface area contributed by atoms with Gasteiger partial charge in [0.05, 0.1) is 4.88 Å². The van der Waals surface area contributed by atoms with Crippen LogP contribution in [-0.2, 0) is 0 Å². The zero-order valence-electron chi connectivity index (χ0n) is 9.01. The molecule has 0 saturated heterocycles. The van der Waals surface area contributed by atoms with Crippen LogP contribution in [0.2, 0.25) is 0 Å². The molecule has 3 heterocycles. The number of thiophene rings is 1. The van der Waals surface area contributed by atoms with Gasteiger partial charge >= 0.3 is 0 Å². The Labute approximate surface area is 110 Å². The highest BCUT2D eigenvalue weighted by atomic mass is 79.9. The van der Waals surface area contributed by atoms with Crippen LogP contribution in [0.3, 0.4) is 0 Å². The average Bonchev–Trinajstić information content (AvgIpc) is 2.83. The van der Waals surface area contributed by atoms with Crippen LogP contribution in [0.1, 0.15) is 4.88 Å². The lowest BCUT2D eigenvalue weighted by Gasteiger charge is -1.97. The third-order valence-corrected chi connectivity index (χ3v) is 3.84. The molecule has 0 spiro atoms. The summed E-state index contributed by atoms with van der Waals surface area (Å²) in [6.45, 7) is 2.06. The summed E-state index contributed by atoms with van der Waals surface area (Å²) in [7, 11) is 0. The fourth-order valence-corrected chi connectivity index (χ4v) is 2.87. The number of aryl methyl sites for hydroxylation is 1. The molecule has 0 atom stereocenters. The second kappa shape index (κ2) is 3.82. The quantitative estimate of drug-likeness (QED) is 0.751. The molecule has 0 bridgehead atoms. The second-order valence-electron chi connectivity index (χ2n) is 3.71. The zero-order chi connectivity index (χ0) is 12.0. The van der Waals surface area contributed by atoms with E-state index < -0.39 is 0 Å². The number of rotatable bonds is 1. The van der Waals surface area contributed by atoms with E-state index in [1.807, 2.05) is 18.2 Å². The maximum absolute atomic E-state index is 5.89. The summed E-state index contributed by atoms with van der Waals surface area (Å²) in [5.41, 5.74) is 6.64. The van der Waals surface area contributed by atoms with Crippen LogP contribution in [0.5, 0.6) is 0 Å².